The molecule has 8 nitrogen and oxygen atoms in total. The number of benzene rings is 1. The molecular formula is C19H24N6O2. The third-order valence-corrected chi connectivity index (χ3v) is 4.40. The Morgan fingerprint density at radius 2 is 2.04 bits per heavy atom. The second kappa shape index (κ2) is 8.13. The molecule has 0 aliphatic heterocycles. The van der Waals surface area contributed by atoms with E-state index in [1.54, 1.807) is 24.1 Å². The number of rotatable bonds is 7. The lowest BCUT2D eigenvalue weighted by Gasteiger charge is -2.16. The van der Waals surface area contributed by atoms with E-state index in [9.17, 15) is 4.79 Å². The molecule has 0 saturated carbocycles. The summed E-state index contributed by atoms with van der Waals surface area (Å²) in [5.41, 5.74) is 2.91. The fourth-order valence-electron chi connectivity index (χ4n) is 2.81. The molecule has 2 atom stereocenters. The van der Waals surface area contributed by atoms with Crippen molar-refractivity contribution < 1.29 is 9.32 Å². The van der Waals surface area contributed by atoms with Gasteiger partial charge in [-0.25, -0.2) is 0 Å². The Labute approximate surface area is 158 Å². The first-order chi connectivity index (χ1) is 13.0. The number of likely N-dealkylation sites (N-methyl/N-ethyl adjacent to an activating group) is 1. The third-order valence-electron chi connectivity index (χ3n) is 4.40. The number of amides is 1. The molecule has 0 saturated heterocycles. The first kappa shape index (κ1) is 18.8. The van der Waals surface area contributed by atoms with Crippen LogP contribution >= 0.6 is 0 Å². The lowest BCUT2D eigenvalue weighted by atomic mass is 10.1. The number of nitrogens with zero attached hydrogens (tertiary/aromatic N) is 4. The Balaban J connectivity index is 1.69. The topological polar surface area (TPSA) is 97.9 Å². The normalized spacial score (nSPS) is 13.3. The smallest absolute Gasteiger partial charge is 0.249 e. The summed E-state index contributed by atoms with van der Waals surface area (Å²) in [5, 5.41) is 14.0. The van der Waals surface area contributed by atoms with Gasteiger partial charge in [-0.15, -0.1) is 0 Å². The van der Waals surface area contributed by atoms with E-state index in [0.29, 0.717) is 11.7 Å². The molecule has 0 aliphatic carbocycles. The van der Waals surface area contributed by atoms with Gasteiger partial charge in [0.05, 0.1) is 6.20 Å². The van der Waals surface area contributed by atoms with Crippen molar-refractivity contribution in [2.75, 3.05) is 7.05 Å². The molecule has 2 unspecified atom stereocenters. The molecule has 2 N–H and O–H groups in total. The molecule has 142 valence electrons. The minimum absolute atomic E-state index is 0.190. The van der Waals surface area contributed by atoms with Crippen molar-refractivity contribution in [1.29, 1.82) is 0 Å². The summed E-state index contributed by atoms with van der Waals surface area (Å²) in [5.74, 6) is 0.676. The van der Waals surface area contributed by atoms with Crippen LogP contribution in [0.1, 0.15) is 42.9 Å². The molecule has 1 aromatic carbocycles. The van der Waals surface area contributed by atoms with Gasteiger partial charge in [-0.05, 0) is 26.0 Å². The van der Waals surface area contributed by atoms with Crippen molar-refractivity contribution in [3.8, 4) is 11.4 Å². The lowest BCUT2D eigenvalue weighted by molar-refractivity contribution is -0.124. The number of nitrogens with one attached hydrogen (secondary N) is 2. The first-order valence-electron chi connectivity index (χ1n) is 8.91. The number of hydrogen-bond acceptors (Lipinski definition) is 6. The van der Waals surface area contributed by atoms with Crippen molar-refractivity contribution >= 4 is 5.91 Å². The van der Waals surface area contributed by atoms with E-state index in [-0.39, 0.29) is 5.91 Å². The second-order valence-electron chi connectivity index (χ2n) is 6.41. The van der Waals surface area contributed by atoms with E-state index >= 15 is 0 Å². The van der Waals surface area contributed by atoms with Crippen molar-refractivity contribution in [2.24, 2.45) is 7.05 Å². The van der Waals surface area contributed by atoms with Gasteiger partial charge in [0.15, 0.2) is 0 Å². The Morgan fingerprint density at radius 3 is 2.63 bits per heavy atom. The van der Waals surface area contributed by atoms with Gasteiger partial charge < -0.3 is 15.2 Å². The van der Waals surface area contributed by atoms with Crippen LogP contribution in [0.2, 0.25) is 0 Å². The Kier molecular flexibility index (Phi) is 5.66. The van der Waals surface area contributed by atoms with Crippen molar-refractivity contribution in [3.63, 3.8) is 0 Å². The highest BCUT2D eigenvalue weighted by Crippen LogP contribution is 2.20. The SMILES string of the molecule is CCc1ccc(-c2noc(C(C)NC(=O)C(NC)c3cnn(C)c3)n2)cc1. The van der Waals surface area contributed by atoms with Gasteiger partial charge in [0, 0.05) is 24.4 Å². The van der Waals surface area contributed by atoms with Crippen LogP contribution in [-0.4, -0.2) is 32.9 Å². The van der Waals surface area contributed by atoms with E-state index in [4.69, 9.17) is 4.52 Å². The molecule has 0 bridgehead atoms. The van der Waals surface area contributed by atoms with Crippen LogP contribution in [0.4, 0.5) is 0 Å². The lowest BCUT2D eigenvalue weighted by Crippen LogP contribution is -2.37. The van der Waals surface area contributed by atoms with Gasteiger partial charge in [-0.3, -0.25) is 9.48 Å². The van der Waals surface area contributed by atoms with Gasteiger partial charge in [0.2, 0.25) is 17.6 Å². The Hall–Kier alpha value is -3.00. The van der Waals surface area contributed by atoms with E-state index in [1.807, 2.05) is 38.2 Å². The average molecular weight is 368 g/mol. The molecule has 3 rings (SSSR count). The predicted molar refractivity (Wildman–Crippen MR) is 101 cm³/mol. The first-order valence-corrected chi connectivity index (χ1v) is 8.91. The summed E-state index contributed by atoms with van der Waals surface area (Å²) in [6.07, 6.45) is 4.44. The van der Waals surface area contributed by atoms with E-state index < -0.39 is 12.1 Å². The average Bonchev–Trinajstić information content (AvgIpc) is 3.32. The van der Waals surface area contributed by atoms with Crippen molar-refractivity contribution in [2.45, 2.75) is 32.4 Å². The van der Waals surface area contributed by atoms with Crippen LogP contribution in [0.15, 0.2) is 41.2 Å². The summed E-state index contributed by atoms with van der Waals surface area (Å²) >= 11 is 0. The zero-order valence-corrected chi connectivity index (χ0v) is 15.9. The Morgan fingerprint density at radius 1 is 1.30 bits per heavy atom. The molecule has 27 heavy (non-hydrogen) atoms. The Bertz CT molecular complexity index is 899. The largest absolute Gasteiger partial charge is 0.343 e. The molecule has 8 heteroatoms. The molecule has 1 amide bonds. The molecule has 0 spiro atoms. The van der Waals surface area contributed by atoms with Gasteiger partial charge >= 0.3 is 0 Å². The van der Waals surface area contributed by atoms with Gasteiger partial charge in [0.1, 0.15) is 12.1 Å². The predicted octanol–water partition coefficient (Wildman–Crippen LogP) is 2.17. The number of carbonyl (C=O) groups excluding carboxylic acids is 1. The third kappa shape index (κ3) is 4.22. The van der Waals surface area contributed by atoms with Crippen molar-refractivity contribution in [1.82, 2.24) is 30.6 Å². The molecule has 2 aromatic heterocycles. The van der Waals surface area contributed by atoms with Crippen LogP contribution in [0.5, 0.6) is 0 Å². The van der Waals surface area contributed by atoms with E-state index in [0.717, 1.165) is 17.5 Å². The number of hydrogen-bond donors (Lipinski definition) is 2. The van der Waals surface area contributed by atoms with Crippen LogP contribution in [-0.2, 0) is 18.3 Å². The summed E-state index contributed by atoms with van der Waals surface area (Å²) in [6.45, 7) is 3.92. The molecule has 0 aliphatic rings. The minimum Gasteiger partial charge on any atom is -0.343 e. The zero-order valence-electron chi connectivity index (χ0n) is 15.9. The van der Waals surface area contributed by atoms with E-state index in [1.165, 1.54) is 5.56 Å². The number of carbonyl (C=O) groups is 1. The van der Waals surface area contributed by atoms with Crippen LogP contribution < -0.4 is 10.6 Å². The molecule has 0 radical (unpaired) electrons. The highest BCUT2D eigenvalue weighted by Gasteiger charge is 2.24. The fourth-order valence-corrected chi connectivity index (χ4v) is 2.81. The second-order valence-corrected chi connectivity index (χ2v) is 6.41. The number of aromatic nitrogens is 4. The van der Waals surface area contributed by atoms with Gasteiger partial charge in [-0.1, -0.05) is 36.3 Å². The fraction of sp³-hybridized carbons (Fsp3) is 0.368. The monoisotopic (exact) mass is 368 g/mol. The summed E-state index contributed by atoms with van der Waals surface area (Å²) < 4.78 is 7.01. The maximum absolute atomic E-state index is 12.6. The van der Waals surface area contributed by atoms with Crippen LogP contribution in [0, 0.1) is 0 Å². The molecule has 2 heterocycles. The van der Waals surface area contributed by atoms with Gasteiger partial charge in [0.25, 0.3) is 0 Å². The molecular weight excluding hydrogens is 344 g/mol. The van der Waals surface area contributed by atoms with Crippen LogP contribution in [0.3, 0.4) is 0 Å². The highest BCUT2D eigenvalue weighted by atomic mass is 16.5. The maximum Gasteiger partial charge on any atom is 0.249 e. The van der Waals surface area contributed by atoms with Crippen molar-refractivity contribution in [3.05, 3.63) is 53.7 Å². The summed E-state index contributed by atoms with van der Waals surface area (Å²) in [4.78, 5) is 17.0. The van der Waals surface area contributed by atoms with Crippen LogP contribution in [0.25, 0.3) is 11.4 Å². The number of aryl methyl sites for hydroxylation is 2. The van der Waals surface area contributed by atoms with E-state index in [2.05, 4.69) is 32.8 Å². The maximum atomic E-state index is 12.6. The summed E-state index contributed by atoms with van der Waals surface area (Å²) in [7, 11) is 3.54. The van der Waals surface area contributed by atoms with Gasteiger partial charge in [-0.2, -0.15) is 10.1 Å². The highest BCUT2D eigenvalue weighted by molar-refractivity contribution is 5.83. The standard InChI is InChI=1S/C19H24N6O2/c1-5-13-6-8-14(9-7-13)17-23-19(27-24-17)12(2)22-18(26)16(20-3)15-10-21-25(4)11-15/h6-12,16,20H,5H2,1-4H3,(H,22,26). The quantitative estimate of drug-likeness (QED) is 0.663. The minimum atomic E-state index is -0.509. The zero-order chi connectivity index (χ0) is 19.4. The molecule has 3 aromatic rings. The molecule has 0 fully saturated rings. The summed E-state index contributed by atoms with van der Waals surface area (Å²) in [6, 6.07) is 7.10.